The molecule has 4 heteroatoms. The molecule has 0 spiro atoms. The van der Waals surface area contributed by atoms with Gasteiger partial charge in [0.15, 0.2) is 0 Å². The summed E-state index contributed by atoms with van der Waals surface area (Å²) in [5.74, 6) is -1.16. The first-order valence-electron chi connectivity index (χ1n) is 2.27. The van der Waals surface area contributed by atoms with Crippen LogP contribution in [0.1, 0.15) is 6.92 Å². The van der Waals surface area contributed by atoms with Crippen molar-refractivity contribution in [1.82, 2.24) is 0 Å². The van der Waals surface area contributed by atoms with Gasteiger partial charge in [-0.2, -0.15) is 0 Å². The van der Waals surface area contributed by atoms with E-state index in [1.54, 1.807) is 19.1 Å². The van der Waals surface area contributed by atoms with Crippen LogP contribution < -0.4 is 56.5 Å². The summed E-state index contributed by atoms with van der Waals surface area (Å²) >= 11 is 0. The van der Waals surface area contributed by atoms with Crippen LogP contribution in [-0.4, -0.2) is 5.97 Å². The van der Waals surface area contributed by atoms with Crippen LogP contribution in [0.2, 0.25) is 0 Å². The maximum atomic E-state index is 9.64. The monoisotopic (exact) mass is 186 g/mol. The molecule has 2 nitrogen and oxygen atoms in total. The first-order valence-corrected chi connectivity index (χ1v) is 2.27. The molecule has 0 aliphatic rings. The third-order valence-corrected chi connectivity index (χ3v) is 0.536. The number of carboxylic acids is 1. The van der Waals surface area contributed by atoms with E-state index in [1.807, 2.05) is 0 Å². The minimum Gasteiger partial charge on any atom is -0.545 e. The molecule has 0 rings (SSSR count). The standard InChI is InChI=1S/C6H8O2.ClH.K/c1-2-3-4-5-6(7)8;;/h2-5H,1H3,(H,7,8);1H;/q;;+1/p-1/b3-2+,5-4+;;. The molecular formula is C6H8ClKO2. The normalized spacial score (nSPS) is 8.90. The van der Waals surface area contributed by atoms with E-state index in [0.29, 0.717) is 0 Å². The predicted octanol–water partition coefficient (Wildman–Crippen LogP) is -2.71. The van der Waals surface area contributed by atoms with Crippen molar-refractivity contribution in [2.24, 2.45) is 0 Å². The van der Waals surface area contributed by atoms with E-state index in [-0.39, 0.29) is 63.8 Å². The van der Waals surface area contributed by atoms with Crippen LogP contribution in [0, 0.1) is 0 Å². The van der Waals surface area contributed by atoms with Gasteiger partial charge in [0.25, 0.3) is 0 Å². The molecule has 0 aliphatic heterocycles. The van der Waals surface area contributed by atoms with E-state index in [0.717, 1.165) is 6.08 Å². The summed E-state index contributed by atoms with van der Waals surface area (Å²) in [5, 5.41) is 9.64. The van der Waals surface area contributed by atoms with Crippen LogP contribution in [0.5, 0.6) is 0 Å². The van der Waals surface area contributed by atoms with E-state index >= 15 is 0 Å². The molecule has 0 radical (unpaired) electrons. The molecule has 0 aromatic heterocycles. The minimum atomic E-state index is -1.16. The summed E-state index contributed by atoms with van der Waals surface area (Å²) < 4.78 is 0. The molecule has 0 unspecified atom stereocenters. The Kier molecular flexibility index (Phi) is 21.5. The fourth-order valence-corrected chi connectivity index (χ4v) is 0.245. The maximum absolute atomic E-state index is 9.64. The number of carboxylic acid groups (broad SMARTS) is 1. The van der Waals surface area contributed by atoms with Crippen molar-refractivity contribution in [3.8, 4) is 0 Å². The Morgan fingerprint density at radius 2 is 1.90 bits per heavy atom. The van der Waals surface area contributed by atoms with Crippen molar-refractivity contribution in [3.63, 3.8) is 0 Å². The zero-order valence-electron chi connectivity index (χ0n) is 6.03. The van der Waals surface area contributed by atoms with Crippen LogP contribution >= 0.6 is 12.4 Å². The van der Waals surface area contributed by atoms with Gasteiger partial charge in [-0.1, -0.05) is 18.2 Å². The van der Waals surface area contributed by atoms with Crippen molar-refractivity contribution < 1.29 is 61.3 Å². The second-order valence-electron chi connectivity index (χ2n) is 1.20. The molecule has 0 aromatic rings. The van der Waals surface area contributed by atoms with Gasteiger partial charge in [0.2, 0.25) is 0 Å². The fourth-order valence-electron chi connectivity index (χ4n) is 0.245. The molecule has 0 N–H and O–H groups in total. The summed E-state index contributed by atoms with van der Waals surface area (Å²) in [7, 11) is 0. The van der Waals surface area contributed by atoms with Crippen LogP contribution in [-0.2, 0) is 4.79 Å². The van der Waals surface area contributed by atoms with Crippen LogP contribution in [0.4, 0.5) is 0 Å². The van der Waals surface area contributed by atoms with E-state index in [2.05, 4.69) is 0 Å². The van der Waals surface area contributed by atoms with Crippen LogP contribution in [0.25, 0.3) is 0 Å². The molecule has 0 saturated heterocycles. The third-order valence-electron chi connectivity index (χ3n) is 0.536. The van der Waals surface area contributed by atoms with Gasteiger partial charge in [0, 0.05) is 0 Å². The maximum Gasteiger partial charge on any atom is 1.00 e. The molecule has 0 atom stereocenters. The van der Waals surface area contributed by atoms with E-state index in [9.17, 15) is 9.90 Å². The van der Waals surface area contributed by atoms with Crippen molar-refractivity contribution in [3.05, 3.63) is 24.3 Å². The third kappa shape index (κ3) is 15.9. The number of carbonyl (C=O) groups is 1. The number of allylic oxidation sites excluding steroid dienone is 3. The number of halogens is 1. The number of carbonyl (C=O) groups excluding carboxylic acids is 1. The van der Waals surface area contributed by atoms with Crippen molar-refractivity contribution in [2.45, 2.75) is 6.92 Å². The zero-order valence-corrected chi connectivity index (χ0v) is 9.97. The topological polar surface area (TPSA) is 40.1 Å². The molecule has 0 heterocycles. The minimum absolute atomic E-state index is 0. The summed E-state index contributed by atoms with van der Waals surface area (Å²) in [6.07, 6.45) is 5.74. The summed E-state index contributed by atoms with van der Waals surface area (Å²) in [4.78, 5) is 9.64. The van der Waals surface area contributed by atoms with Crippen molar-refractivity contribution in [2.75, 3.05) is 0 Å². The first-order chi connectivity index (χ1) is 3.77. The Balaban J connectivity index is -0.000000245. The largest absolute Gasteiger partial charge is 1.00 e. The summed E-state index contributed by atoms with van der Waals surface area (Å²) in [5.41, 5.74) is 0. The van der Waals surface area contributed by atoms with Crippen LogP contribution in [0.15, 0.2) is 24.3 Å². The average Bonchev–Trinajstić information content (AvgIpc) is 1.66. The van der Waals surface area contributed by atoms with Crippen LogP contribution in [0.3, 0.4) is 0 Å². The Morgan fingerprint density at radius 1 is 1.40 bits per heavy atom. The van der Waals surface area contributed by atoms with E-state index < -0.39 is 5.97 Å². The molecule has 0 saturated carbocycles. The number of aliphatic carboxylic acids is 1. The molecule has 52 valence electrons. The molecule has 0 amide bonds. The average molecular weight is 187 g/mol. The smallest absolute Gasteiger partial charge is 0.545 e. The number of hydrogen-bond acceptors (Lipinski definition) is 2. The van der Waals surface area contributed by atoms with Gasteiger partial charge < -0.3 is 9.90 Å². The number of hydrogen-bond donors (Lipinski definition) is 0. The second kappa shape index (κ2) is 12.5. The van der Waals surface area contributed by atoms with E-state index in [4.69, 9.17) is 0 Å². The Bertz CT molecular complexity index is 132. The molecule has 10 heavy (non-hydrogen) atoms. The fraction of sp³-hybridized carbons (Fsp3) is 0.167. The van der Waals surface area contributed by atoms with Gasteiger partial charge in [-0.25, -0.2) is 0 Å². The second-order valence-corrected chi connectivity index (χ2v) is 1.20. The molecule has 0 aliphatic carbocycles. The predicted molar refractivity (Wildman–Crippen MR) is 36.2 cm³/mol. The SMILES string of the molecule is C/C=C/C=C/C(=O)[O-].Cl.[K+]. The molecule has 0 aromatic carbocycles. The first kappa shape index (κ1) is 17.1. The van der Waals surface area contributed by atoms with Gasteiger partial charge in [-0.3, -0.25) is 0 Å². The Hall–Kier alpha value is 0.876. The van der Waals surface area contributed by atoms with Crippen molar-refractivity contribution in [1.29, 1.82) is 0 Å². The Morgan fingerprint density at radius 3 is 2.20 bits per heavy atom. The number of rotatable bonds is 2. The van der Waals surface area contributed by atoms with Crippen molar-refractivity contribution >= 4 is 18.4 Å². The van der Waals surface area contributed by atoms with Gasteiger partial charge >= 0.3 is 51.4 Å². The van der Waals surface area contributed by atoms with Gasteiger partial charge in [0.05, 0.1) is 5.97 Å². The quantitative estimate of drug-likeness (QED) is 0.268. The molecule has 0 bridgehead atoms. The molecular weight excluding hydrogens is 179 g/mol. The zero-order chi connectivity index (χ0) is 6.41. The summed E-state index contributed by atoms with van der Waals surface area (Å²) in [6, 6.07) is 0. The van der Waals surface area contributed by atoms with Gasteiger partial charge in [-0.15, -0.1) is 12.4 Å². The Labute approximate surface area is 109 Å². The van der Waals surface area contributed by atoms with Gasteiger partial charge in [-0.05, 0) is 13.0 Å². The summed E-state index contributed by atoms with van der Waals surface area (Å²) in [6.45, 7) is 1.81. The molecule has 0 fully saturated rings. The van der Waals surface area contributed by atoms with E-state index in [1.165, 1.54) is 6.08 Å². The van der Waals surface area contributed by atoms with Gasteiger partial charge in [0.1, 0.15) is 0 Å².